The molecule has 3 fully saturated rings. The largest absolute Gasteiger partial charge is 0.481 e. The van der Waals surface area contributed by atoms with Crippen molar-refractivity contribution in [3.63, 3.8) is 0 Å². The number of methoxy groups -OCH3 is 1. The zero-order valence-corrected chi connectivity index (χ0v) is 35.4. The van der Waals surface area contributed by atoms with Crippen LogP contribution in [0.3, 0.4) is 0 Å². The molecule has 58 heavy (non-hydrogen) atoms. The van der Waals surface area contributed by atoms with Crippen molar-refractivity contribution in [2.45, 2.75) is 134 Å². The van der Waals surface area contributed by atoms with Gasteiger partial charge >= 0.3 is 6.09 Å². The molecule has 4 aliphatic rings. The highest BCUT2D eigenvalue weighted by Crippen LogP contribution is 2.48. The summed E-state index contributed by atoms with van der Waals surface area (Å²) >= 11 is 0. The smallest absolute Gasteiger partial charge is 0.408 e. The number of amides is 4. The number of allylic oxidation sites excluding steroid dienone is 1. The van der Waals surface area contributed by atoms with Crippen molar-refractivity contribution in [3.05, 3.63) is 24.3 Å². The van der Waals surface area contributed by atoms with Gasteiger partial charge in [-0.1, -0.05) is 32.4 Å². The number of hydrogen-bond acceptors (Lipinski definition) is 12. The molecule has 6 rings (SSSR count). The topological polar surface area (TPSA) is 220 Å². The fourth-order valence-corrected chi connectivity index (χ4v) is 9.54. The fourth-order valence-electron chi connectivity index (χ4n) is 8.23. The number of rotatable bonds is 10. The van der Waals surface area contributed by atoms with Gasteiger partial charge < -0.3 is 29.5 Å². The van der Waals surface area contributed by atoms with E-state index in [0.29, 0.717) is 43.5 Å². The van der Waals surface area contributed by atoms with E-state index in [0.717, 1.165) is 6.42 Å². The van der Waals surface area contributed by atoms with Crippen LogP contribution in [0.4, 0.5) is 4.79 Å². The number of carbonyl (C=O) groups is 4. The number of fused-ring (bicyclic) bond motifs is 3. The number of carboxylic acid groups (broad SMARTS) is 1. The van der Waals surface area contributed by atoms with E-state index < -0.39 is 79.7 Å². The molecule has 17 nitrogen and oxygen atoms in total. The van der Waals surface area contributed by atoms with E-state index in [-0.39, 0.29) is 49.3 Å². The zero-order chi connectivity index (χ0) is 42.4. The second-order valence-corrected chi connectivity index (χ2v) is 19.6. The van der Waals surface area contributed by atoms with Gasteiger partial charge in [-0.15, -0.1) is 0 Å². The third-order valence-corrected chi connectivity index (χ3v) is 14.1. The highest BCUT2D eigenvalue weighted by atomic mass is 32.2. The summed E-state index contributed by atoms with van der Waals surface area (Å²) in [7, 11) is -2.57. The highest BCUT2D eigenvalue weighted by Gasteiger charge is 2.63. The molecule has 3 N–H and O–H groups in total. The number of nitrogens with one attached hydrogen (secondary N) is 2. The second-order valence-electron chi connectivity index (χ2n) is 17.4. The Kier molecular flexibility index (Phi) is 11.9. The third kappa shape index (κ3) is 8.52. The summed E-state index contributed by atoms with van der Waals surface area (Å²) in [5.41, 5.74) is -1.97. The van der Waals surface area contributed by atoms with Crippen LogP contribution in [-0.2, 0) is 24.4 Å². The number of hydrogen-bond donors (Lipinski definition) is 3. The lowest BCUT2D eigenvalue weighted by atomic mass is 9.82. The Labute approximate surface area is 339 Å². The first-order chi connectivity index (χ1) is 27.3. The summed E-state index contributed by atoms with van der Waals surface area (Å²) in [6.07, 6.45) is 4.92. The average molecular weight is 828 g/mol. The summed E-state index contributed by atoms with van der Waals surface area (Å²) in [5.74, 6) is -2.60. The van der Waals surface area contributed by atoms with E-state index in [9.17, 15) is 27.9 Å². The first-order valence-corrected chi connectivity index (χ1v) is 21.7. The Hall–Kier alpha value is -4.74. The quantitative estimate of drug-likeness (QED) is 0.287. The summed E-state index contributed by atoms with van der Waals surface area (Å²) in [6.45, 7) is 12.6. The standard InChI is InChI=1S/C40H57N7O10S/c1-9-24-19-23(3)13-11-12-14-25-21-40(25,36(50)45-58(53,54)39(7)17-18-39)44-32(48)28-20-26(22-46(28)35(49)30(24)47(37(51)52)38(4,5)6)57-34-33(56-10-2)41-27-15-16-29(55-8)42-31(27)43-34/h12,14-16,23-26,28,30H,9-11,13,17-22H2,1-8H3,(H,44,48)(H,45,50)(H,51,52)/b14-12-/t23-,24-,25-,26-,28+,30+,40-/m1/s1. The van der Waals surface area contributed by atoms with E-state index in [2.05, 4.69) is 31.9 Å². The molecule has 2 aliphatic heterocycles. The lowest BCUT2D eigenvalue weighted by Crippen LogP contribution is -2.62. The number of sulfonamides is 1. The van der Waals surface area contributed by atoms with Gasteiger partial charge in [0, 0.05) is 23.9 Å². The maximum absolute atomic E-state index is 15.2. The van der Waals surface area contributed by atoms with Gasteiger partial charge in [-0.3, -0.25) is 24.0 Å². The van der Waals surface area contributed by atoms with Gasteiger partial charge in [0.15, 0.2) is 5.65 Å². The van der Waals surface area contributed by atoms with Gasteiger partial charge in [0.05, 0.1) is 25.0 Å². The fraction of sp³-hybridized carbons (Fsp3) is 0.675. The van der Waals surface area contributed by atoms with Crippen molar-refractivity contribution in [2.24, 2.45) is 17.8 Å². The summed E-state index contributed by atoms with van der Waals surface area (Å²) in [4.78, 5) is 73.1. The molecule has 0 radical (unpaired) electrons. The van der Waals surface area contributed by atoms with Crippen molar-refractivity contribution in [3.8, 4) is 17.6 Å². The molecule has 0 spiro atoms. The number of ether oxygens (including phenoxy) is 3. The molecule has 0 bridgehead atoms. The first-order valence-electron chi connectivity index (χ1n) is 20.2. The Balaban J connectivity index is 1.42. The molecule has 0 aromatic carbocycles. The Morgan fingerprint density at radius 3 is 2.45 bits per heavy atom. The van der Waals surface area contributed by atoms with Crippen LogP contribution < -0.4 is 24.2 Å². The molecule has 318 valence electrons. The number of aromatic nitrogens is 3. The molecule has 2 aliphatic carbocycles. The molecule has 2 aromatic heterocycles. The average Bonchev–Trinajstić information content (AvgIpc) is 4.03. The van der Waals surface area contributed by atoms with Gasteiger partial charge in [0.25, 0.3) is 17.7 Å². The van der Waals surface area contributed by atoms with Gasteiger partial charge in [-0.05, 0) is 91.0 Å². The van der Waals surface area contributed by atoms with Gasteiger partial charge in [0.2, 0.25) is 27.7 Å². The second kappa shape index (κ2) is 16.1. The van der Waals surface area contributed by atoms with Crippen molar-refractivity contribution >= 4 is 45.0 Å². The van der Waals surface area contributed by atoms with Crippen LogP contribution in [0.25, 0.3) is 11.2 Å². The molecule has 4 heterocycles. The molecule has 18 heteroatoms. The summed E-state index contributed by atoms with van der Waals surface area (Å²) in [5, 5.41) is 13.6. The maximum atomic E-state index is 15.2. The number of nitrogens with zero attached hydrogens (tertiary/aromatic N) is 5. The van der Waals surface area contributed by atoms with Crippen molar-refractivity contribution in [1.82, 2.24) is 34.8 Å². The first kappa shape index (κ1) is 42.9. The monoisotopic (exact) mass is 827 g/mol. The lowest BCUT2D eigenvalue weighted by Gasteiger charge is -2.44. The van der Waals surface area contributed by atoms with Crippen molar-refractivity contribution < 1.29 is 46.9 Å². The molecule has 0 unspecified atom stereocenters. The minimum absolute atomic E-state index is 0.0311. The maximum Gasteiger partial charge on any atom is 0.408 e. The predicted molar refractivity (Wildman–Crippen MR) is 213 cm³/mol. The molecule has 2 saturated carbocycles. The Morgan fingerprint density at radius 1 is 1.10 bits per heavy atom. The van der Waals surface area contributed by atoms with Gasteiger partial charge in [-0.25, -0.2) is 18.2 Å². The van der Waals surface area contributed by atoms with Gasteiger partial charge in [-0.2, -0.15) is 9.97 Å². The minimum Gasteiger partial charge on any atom is -0.481 e. The van der Waals surface area contributed by atoms with Crippen LogP contribution in [0.5, 0.6) is 17.6 Å². The molecular weight excluding hydrogens is 771 g/mol. The van der Waals surface area contributed by atoms with Crippen LogP contribution in [0.2, 0.25) is 0 Å². The summed E-state index contributed by atoms with van der Waals surface area (Å²) < 4.78 is 45.2. The zero-order valence-electron chi connectivity index (χ0n) is 34.6. The van der Waals surface area contributed by atoms with Crippen LogP contribution in [0.1, 0.15) is 99.8 Å². The van der Waals surface area contributed by atoms with E-state index >= 15 is 4.79 Å². The lowest BCUT2D eigenvalue weighted by molar-refractivity contribution is -0.146. The van der Waals surface area contributed by atoms with Crippen molar-refractivity contribution in [1.29, 1.82) is 0 Å². The van der Waals surface area contributed by atoms with Crippen LogP contribution >= 0.6 is 0 Å². The van der Waals surface area contributed by atoms with Crippen LogP contribution in [0.15, 0.2) is 24.3 Å². The summed E-state index contributed by atoms with van der Waals surface area (Å²) in [6, 6.07) is 0.886. The SMILES string of the molecule is CCOc1nc2ccc(OC)nc2nc1O[C@@H]1C[C@H]2C(=O)N[C@]3(C(=O)NS(=O)(=O)C4(C)CC4)C[C@H]3/C=C\CC[C@@H](C)C[C@@H](CC)[C@H](N(C(=O)O)C(C)(C)C)C(=O)N2C1. The molecule has 2 aromatic rings. The minimum atomic E-state index is -4.04. The highest BCUT2D eigenvalue weighted by molar-refractivity contribution is 7.91. The third-order valence-electron chi connectivity index (χ3n) is 12.0. The molecule has 1 saturated heterocycles. The van der Waals surface area contributed by atoms with E-state index in [1.54, 1.807) is 46.8 Å². The van der Waals surface area contributed by atoms with Crippen LogP contribution in [0, 0.1) is 17.8 Å². The Morgan fingerprint density at radius 2 is 1.83 bits per heavy atom. The normalized spacial score (nSPS) is 29.1. The molecule has 7 atom stereocenters. The predicted octanol–water partition coefficient (Wildman–Crippen LogP) is 4.20. The molecule has 4 amide bonds. The molecular formula is C40H57N7O10S. The van der Waals surface area contributed by atoms with E-state index in [1.165, 1.54) is 16.9 Å². The number of carbonyl (C=O) groups excluding carboxylic acids is 3. The van der Waals surface area contributed by atoms with E-state index in [1.807, 2.05) is 19.1 Å². The number of pyridine rings is 1. The van der Waals surface area contributed by atoms with Gasteiger partial charge in [0.1, 0.15) is 29.2 Å². The van der Waals surface area contributed by atoms with Crippen molar-refractivity contribution in [2.75, 3.05) is 20.3 Å². The van der Waals surface area contributed by atoms with Crippen LogP contribution in [-0.4, -0.2) is 116 Å². The van der Waals surface area contributed by atoms with E-state index in [4.69, 9.17) is 14.2 Å². The Bertz CT molecular complexity index is 2070.